The predicted molar refractivity (Wildman–Crippen MR) is 62.2 cm³/mol. The fourth-order valence-electron chi connectivity index (χ4n) is 1.65. The number of hydrogen-bond donors (Lipinski definition) is 0. The molecule has 0 bridgehead atoms. The summed E-state index contributed by atoms with van der Waals surface area (Å²) in [4.78, 5) is 19.1. The molecular weight excluding hydrogens is 218 g/mol. The summed E-state index contributed by atoms with van der Waals surface area (Å²) in [5.41, 5.74) is 1.72. The van der Waals surface area contributed by atoms with Gasteiger partial charge >= 0.3 is 0 Å². The van der Waals surface area contributed by atoms with Crippen molar-refractivity contribution in [2.24, 2.45) is 0 Å². The highest BCUT2D eigenvalue weighted by Gasteiger charge is 2.05. The minimum absolute atomic E-state index is 0.396. The molecule has 0 aliphatic heterocycles. The lowest BCUT2D eigenvalue weighted by atomic mass is 10.3. The molecule has 17 heavy (non-hydrogen) atoms. The van der Waals surface area contributed by atoms with E-state index < -0.39 is 0 Å². The van der Waals surface area contributed by atoms with Gasteiger partial charge in [0, 0.05) is 30.2 Å². The van der Waals surface area contributed by atoms with E-state index in [1.807, 2.05) is 19.1 Å². The van der Waals surface area contributed by atoms with Crippen molar-refractivity contribution in [2.75, 3.05) is 7.11 Å². The van der Waals surface area contributed by atoms with Crippen LogP contribution in [0.3, 0.4) is 0 Å². The van der Waals surface area contributed by atoms with Gasteiger partial charge in [-0.15, -0.1) is 0 Å². The number of carbonyl (C=O) groups is 1. The molecule has 88 valence electrons. The van der Waals surface area contributed by atoms with Gasteiger partial charge in [-0.3, -0.25) is 9.78 Å². The van der Waals surface area contributed by atoms with Gasteiger partial charge in [-0.2, -0.15) is 0 Å². The summed E-state index contributed by atoms with van der Waals surface area (Å²) in [6, 6.07) is 3.71. The number of ether oxygens (including phenoxy) is 1. The Morgan fingerprint density at radius 2 is 2.29 bits per heavy atom. The van der Waals surface area contributed by atoms with Crippen molar-refractivity contribution in [1.29, 1.82) is 0 Å². The number of pyridine rings is 1. The van der Waals surface area contributed by atoms with Crippen molar-refractivity contribution in [2.45, 2.75) is 13.5 Å². The zero-order valence-corrected chi connectivity index (χ0v) is 9.75. The van der Waals surface area contributed by atoms with E-state index in [1.165, 1.54) is 0 Å². The summed E-state index contributed by atoms with van der Waals surface area (Å²) in [6.07, 6.45) is 4.07. The molecule has 0 spiro atoms. The van der Waals surface area contributed by atoms with E-state index >= 15 is 0 Å². The maximum atomic E-state index is 10.7. The molecule has 0 N–H and O–H groups in total. The van der Waals surface area contributed by atoms with Crippen LogP contribution in [0.25, 0.3) is 0 Å². The molecule has 0 saturated heterocycles. The molecule has 0 radical (unpaired) electrons. The number of hydrogen-bond acceptors (Lipinski definition) is 4. The highest BCUT2D eigenvalue weighted by atomic mass is 16.5. The van der Waals surface area contributed by atoms with Crippen molar-refractivity contribution in [3.63, 3.8) is 0 Å². The topological polar surface area (TPSA) is 57.0 Å². The lowest BCUT2D eigenvalue weighted by Gasteiger charge is -2.07. The first kappa shape index (κ1) is 11.3. The molecule has 5 heteroatoms. The van der Waals surface area contributed by atoms with E-state index in [2.05, 4.69) is 9.97 Å². The Hall–Kier alpha value is -2.17. The largest absolute Gasteiger partial charge is 0.497 e. The van der Waals surface area contributed by atoms with E-state index in [0.717, 1.165) is 23.4 Å². The van der Waals surface area contributed by atoms with Gasteiger partial charge in [0.2, 0.25) is 0 Å². The fourth-order valence-corrected chi connectivity index (χ4v) is 1.65. The van der Waals surface area contributed by atoms with Crippen molar-refractivity contribution in [1.82, 2.24) is 14.5 Å². The Morgan fingerprint density at radius 3 is 3.00 bits per heavy atom. The number of rotatable bonds is 4. The van der Waals surface area contributed by atoms with Gasteiger partial charge in [0.1, 0.15) is 5.75 Å². The average Bonchev–Trinajstić information content (AvgIpc) is 2.75. The monoisotopic (exact) mass is 231 g/mol. The summed E-state index contributed by atoms with van der Waals surface area (Å²) in [5, 5.41) is 0. The van der Waals surface area contributed by atoms with Crippen LogP contribution >= 0.6 is 0 Å². The minimum atomic E-state index is 0.396. The molecule has 0 atom stereocenters. The second-order valence-corrected chi connectivity index (χ2v) is 3.67. The maximum absolute atomic E-state index is 10.7. The standard InChI is InChI=1S/C12H13N3O2/c1-9-5-11(17-2)6-10(14-9)7-15-4-3-13-12(15)8-16/h3-6,8H,7H2,1-2H3. The van der Waals surface area contributed by atoms with Gasteiger partial charge in [-0.05, 0) is 6.92 Å². The third kappa shape index (κ3) is 2.50. The van der Waals surface area contributed by atoms with Crippen LogP contribution in [0.15, 0.2) is 24.5 Å². The van der Waals surface area contributed by atoms with Gasteiger partial charge in [0.05, 0.1) is 19.3 Å². The highest BCUT2D eigenvalue weighted by Crippen LogP contribution is 2.14. The number of methoxy groups -OCH3 is 1. The molecule has 2 aromatic rings. The van der Waals surface area contributed by atoms with Crippen LogP contribution in [0, 0.1) is 6.92 Å². The third-order valence-electron chi connectivity index (χ3n) is 2.40. The predicted octanol–water partition coefficient (Wildman–Crippen LogP) is 1.46. The van der Waals surface area contributed by atoms with E-state index in [4.69, 9.17) is 4.74 Å². The molecule has 2 aromatic heterocycles. The molecule has 0 aliphatic rings. The van der Waals surface area contributed by atoms with Crippen molar-refractivity contribution in [3.05, 3.63) is 41.7 Å². The Kier molecular flexibility index (Phi) is 3.18. The Balaban J connectivity index is 2.29. The number of carbonyl (C=O) groups excluding carboxylic acids is 1. The summed E-state index contributed by atoms with van der Waals surface area (Å²) in [6.45, 7) is 2.41. The summed E-state index contributed by atoms with van der Waals surface area (Å²) < 4.78 is 6.92. The molecule has 5 nitrogen and oxygen atoms in total. The Labute approximate surface area is 99.1 Å². The van der Waals surface area contributed by atoms with Gasteiger partial charge in [0.15, 0.2) is 12.1 Å². The number of aromatic nitrogens is 3. The van der Waals surface area contributed by atoms with Crippen LogP contribution in [0.4, 0.5) is 0 Å². The van der Waals surface area contributed by atoms with Gasteiger partial charge < -0.3 is 9.30 Å². The molecule has 0 saturated carbocycles. The minimum Gasteiger partial charge on any atom is -0.497 e. The molecule has 0 aliphatic carbocycles. The first-order chi connectivity index (χ1) is 8.22. The first-order valence-corrected chi connectivity index (χ1v) is 5.21. The zero-order chi connectivity index (χ0) is 12.3. The van der Waals surface area contributed by atoms with Crippen LogP contribution in [-0.4, -0.2) is 27.9 Å². The maximum Gasteiger partial charge on any atom is 0.185 e. The molecule has 0 fully saturated rings. The van der Waals surface area contributed by atoms with E-state index in [9.17, 15) is 4.79 Å². The van der Waals surface area contributed by atoms with Crippen LogP contribution in [0.1, 0.15) is 22.0 Å². The second-order valence-electron chi connectivity index (χ2n) is 3.67. The van der Waals surface area contributed by atoms with Crippen molar-refractivity contribution < 1.29 is 9.53 Å². The molecule has 0 amide bonds. The average molecular weight is 231 g/mol. The number of nitrogens with zero attached hydrogens (tertiary/aromatic N) is 3. The quantitative estimate of drug-likeness (QED) is 0.747. The normalized spacial score (nSPS) is 10.2. The fraction of sp³-hybridized carbons (Fsp3) is 0.250. The van der Waals surface area contributed by atoms with E-state index in [-0.39, 0.29) is 0 Å². The highest BCUT2D eigenvalue weighted by molar-refractivity contribution is 5.69. The molecule has 0 unspecified atom stereocenters. The number of imidazole rings is 1. The van der Waals surface area contributed by atoms with Crippen molar-refractivity contribution in [3.8, 4) is 5.75 Å². The lowest BCUT2D eigenvalue weighted by molar-refractivity contribution is 0.111. The summed E-state index contributed by atoms with van der Waals surface area (Å²) in [5.74, 6) is 1.16. The summed E-state index contributed by atoms with van der Waals surface area (Å²) in [7, 11) is 1.62. The second kappa shape index (κ2) is 4.78. The molecule has 2 rings (SSSR count). The zero-order valence-electron chi connectivity index (χ0n) is 9.75. The van der Waals surface area contributed by atoms with Crippen molar-refractivity contribution >= 4 is 6.29 Å². The molecule has 0 aromatic carbocycles. The number of aryl methyl sites for hydroxylation is 1. The van der Waals surface area contributed by atoms with Gasteiger partial charge in [-0.25, -0.2) is 4.98 Å². The van der Waals surface area contributed by atoms with E-state index in [1.54, 1.807) is 24.1 Å². The van der Waals surface area contributed by atoms with Gasteiger partial charge in [0.25, 0.3) is 0 Å². The van der Waals surface area contributed by atoms with E-state index in [0.29, 0.717) is 12.4 Å². The molecular formula is C12H13N3O2. The SMILES string of the molecule is COc1cc(C)nc(Cn2ccnc2C=O)c1. The third-order valence-corrected chi connectivity index (χ3v) is 2.40. The van der Waals surface area contributed by atoms with Gasteiger partial charge in [-0.1, -0.05) is 0 Å². The Bertz CT molecular complexity index is 534. The van der Waals surface area contributed by atoms with Crippen LogP contribution in [0.5, 0.6) is 5.75 Å². The smallest absolute Gasteiger partial charge is 0.185 e. The summed E-state index contributed by atoms with van der Waals surface area (Å²) >= 11 is 0. The molecule has 2 heterocycles. The lowest BCUT2D eigenvalue weighted by Crippen LogP contribution is -2.06. The number of aldehydes is 1. The first-order valence-electron chi connectivity index (χ1n) is 5.21. The van der Waals surface area contributed by atoms with Crippen LogP contribution in [0.2, 0.25) is 0 Å². The Morgan fingerprint density at radius 1 is 1.47 bits per heavy atom. The van der Waals surface area contributed by atoms with Crippen LogP contribution < -0.4 is 4.74 Å². The van der Waals surface area contributed by atoms with Crippen LogP contribution in [-0.2, 0) is 6.54 Å².